The molecule has 1 amide bonds. The van der Waals surface area contributed by atoms with E-state index in [-0.39, 0.29) is 11.7 Å². The van der Waals surface area contributed by atoms with E-state index in [1.807, 2.05) is 12.1 Å². The van der Waals surface area contributed by atoms with Crippen molar-refractivity contribution < 1.29 is 9.90 Å². The van der Waals surface area contributed by atoms with Crippen molar-refractivity contribution in [2.75, 3.05) is 11.1 Å². The second kappa shape index (κ2) is 5.73. The van der Waals surface area contributed by atoms with Crippen LogP contribution in [-0.2, 0) is 4.79 Å². The van der Waals surface area contributed by atoms with Gasteiger partial charge in [0.2, 0.25) is 5.91 Å². The quantitative estimate of drug-likeness (QED) is 0.447. The highest BCUT2D eigenvalue weighted by atomic mass is 16.3. The lowest BCUT2D eigenvalue weighted by molar-refractivity contribution is -0.111. The van der Waals surface area contributed by atoms with Crippen molar-refractivity contribution in [3.05, 3.63) is 60.2 Å². The van der Waals surface area contributed by atoms with Gasteiger partial charge in [-0.25, -0.2) is 0 Å². The third kappa shape index (κ3) is 3.61. The minimum atomic E-state index is -0.307. The molecule has 4 N–H and O–H groups in total. The van der Waals surface area contributed by atoms with E-state index in [0.29, 0.717) is 11.4 Å². The van der Waals surface area contributed by atoms with Crippen LogP contribution in [-0.4, -0.2) is 11.0 Å². The van der Waals surface area contributed by atoms with Gasteiger partial charge in [0.1, 0.15) is 5.75 Å². The minimum Gasteiger partial charge on any atom is -0.506 e. The van der Waals surface area contributed by atoms with Gasteiger partial charge in [0.05, 0.1) is 5.69 Å². The van der Waals surface area contributed by atoms with E-state index >= 15 is 0 Å². The summed E-state index contributed by atoms with van der Waals surface area (Å²) in [5.41, 5.74) is 7.51. The van der Waals surface area contributed by atoms with Crippen molar-refractivity contribution >= 4 is 23.4 Å². The minimum absolute atomic E-state index is 0.0386. The molecule has 0 bridgehead atoms. The van der Waals surface area contributed by atoms with Crippen molar-refractivity contribution in [1.29, 1.82) is 0 Å². The number of hydrogen-bond acceptors (Lipinski definition) is 3. The predicted molar refractivity (Wildman–Crippen MR) is 76.6 cm³/mol. The molecule has 4 heteroatoms. The van der Waals surface area contributed by atoms with Gasteiger partial charge < -0.3 is 16.2 Å². The molecular weight excluding hydrogens is 240 g/mol. The number of nitrogens with two attached hydrogens (primary N) is 1. The molecule has 19 heavy (non-hydrogen) atoms. The Hall–Kier alpha value is -2.75. The molecule has 0 aliphatic heterocycles. The monoisotopic (exact) mass is 254 g/mol. The molecule has 2 aromatic rings. The average Bonchev–Trinajstić information content (AvgIpc) is 2.41. The molecule has 96 valence electrons. The third-order valence-corrected chi connectivity index (χ3v) is 2.53. The van der Waals surface area contributed by atoms with Gasteiger partial charge in [0.15, 0.2) is 0 Å². The van der Waals surface area contributed by atoms with Crippen LogP contribution in [0.2, 0.25) is 0 Å². The molecule has 0 spiro atoms. The first-order valence-electron chi connectivity index (χ1n) is 5.78. The Morgan fingerprint density at radius 1 is 1.11 bits per heavy atom. The molecule has 0 aliphatic carbocycles. The van der Waals surface area contributed by atoms with E-state index in [2.05, 4.69) is 5.32 Å². The van der Waals surface area contributed by atoms with Crippen LogP contribution in [0.1, 0.15) is 5.56 Å². The number of nitrogen functional groups attached to an aromatic ring is 1. The summed E-state index contributed by atoms with van der Waals surface area (Å²) in [6, 6.07) is 13.7. The van der Waals surface area contributed by atoms with E-state index in [4.69, 9.17) is 5.73 Å². The fourth-order valence-corrected chi connectivity index (χ4v) is 1.53. The highest BCUT2D eigenvalue weighted by molar-refractivity contribution is 6.02. The third-order valence-electron chi connectivity index (χ3n) is 2.53. The zero-order valence-electron chi connectivity index (χ0n) is 10.2. The van der Waals surface area contributed by atoms with Crippen LogP contribution < -0.4 is 11.1 Å². The van der Waals surface area contributed by atoms with Gasteiger partial charge in [-0.3, -0.25) is 4.79 Å². The zero-order chi connectivity index (χ0) is 13.7. The maximum Gasteiger partial charge on any atom is 0.248 e. The lowest BCUT2D eigenvalue weighted by Crippen LogP contribution is -2.07. The van der Waals surface area contributed by atoms with Crippen LogP contribution in [0.3, 0.4) is 0 Å². The summed E-state index contributed by atoms with van der Waals surface area (Å²) in [6.07, 6.45) is 3.08. The smallest absolute Gasteiger partial charge is 0.248 e. The van der Waals surface area contributed by atoms with Gasteiger partial charge in [-0.2, -0.15) is 0 Å². The van der Waals surface area contributed by atoms with E-state index in [1.54, 1.807) is 36.4 Å². The number of phenolic OH excluding ortho intramolecular Hbond substituents is 1. The Kier molecular flexibility index (Phi) is 3.83. The van der Waals surface area contributed by atoms with Gasteiger partial charge >= 0.3 is 0 Å². The number of rotatable bonds is 3. The standard InChI is InChI=1S/C15H14N2O2/c16-12-8-5-11(6-9-12)7-10-15(19)17-13-3-1-2-4-14(13)18/h1-10,18H,16H2,(H,17,19)/b10-7+. The van der Waals surface area contributed by atoms with E-state index in [1.165, 1.54) is 12.1 Å². The highest BCUT2D eigenvalue weighted by Crippen LogP contribution is 2.21. The number of aromatic hydroxyl groups is 1. The van der Waals surface area contributed by atoms with Crippen molar-refractivity contribution in [1.82, 2.24) is 0 Å². The molecular formula is C15H14N2O2. The summed E-state index contributed by atoms with van der Waals surface area (Å²) in [4.78, 5) is 11.7. The number of phenols is 1. The number of nitrogens with one attached hydrogen (secondary N) is 1. The summed E-state index contributed by atoms with van der Waals surface area (Å²) in [6.45, 7) is 0. The second-order valence-electron chi connectivity index (χ2n) is 4.01. The Bertz CT molecular complexity index is 604. The maximum absolute atomic E-state index is 11.7. The molecule has 0 heterocycles. The van der Waals surface area contributed by atoms with Crippen molar-refractivity contribution in [2.24, 2.45) is 0 Å². The number of hydrogen-bond donors (Lipinski definition) is 3. The summed E-state index contributed by atoms with van der Waals surface area (Å²) in [7, 11) is 0. The van der Waals surface area contributed by atoms with E-state index < -0.39 is 0 Å². The van der Waals surface area contributed by atoms with Gasteiger partial charge in [-0.05, 0) is 35.9 Å². The van der Waals surface area contributed by atoms with Crippen LogP contribution >= 0.6 is 0 Å². The number of carbonyl (C=O) groups excluding carboxylic acids is 1. The number of carbonyl (C=O) groups is 1. The second-order valence-corrected chi connectivity index (χ2v) is 4.01. The van der Waals surface area contributed by atoms with Crippen molar-refractivity contribution in [2.45, 2.75) is 0 Å². The molecule has 0 aromatic heterocycles. The first kappa shape index (κ1) is 12.7. The number of anilines is 2. The van der Waals surface area contributed by atoms with Gasteiger partial charge in [-0.1, -0.05) is 24.3 Å². The Morgan fingerprint density at radius 2 is 1.79 bits per heavy atom. The highest BCUT2D eigenvalue weighted by Gasteiger charge is 2.01. The largest absolute Gasteiger partial charge is 0.506 e. The predicted octanol–water partition coefficient (Wildman–Crippen LogP) is 2.63. The van der Waals surface area contributed by atoms with Crippen LogP contribution in [0.15, 0.2) is 54.6 Å². The number of amides is 1. The molecule has 0 aliphatic rings. The number of para-hydroxylation sites is 2. The van der Waals surface area contributed by atoms with Crippen molar-refractivity contribution in [3.8, 4) is 5.75 Å². The molecule has 0 saturated heterocycles. The average molecular weight is 254 g/mol. The van der Waals surface area contributed by atoms with Crippen LogP contribution in [0.5, 0.6) is 5.75 Å². The molecule has 0 atom stereocenters. The first-order chi connectivity index (χ1) is 9.15. The molecule has 2 rings (SSSR count). The summed E-state index contributed by atoms with van der Waals surface area (Å²) >= 11 is 0. The van der Waals surface area contributed by atoms with Crippen LogP contribution in [0.4, 0.5) is 11.4 Å². The van der Waals surface area contributed by atoms with Crippen LogP contribution in [0.25, 0.3) is 6.08 Å². The van der Waals surface area contributed by atoms with E-state index in [9.17, 15) is 9.90 Å². The number of benzene rings is 2. The molecule has 2 aromatic carbocycles. The SMILES string of the molecule is Nc1ccc(/C=C/C(=O)Nc2ccccc2O)cc1. The molecule has 0 radical (unpaired) electrons. The first-order valence-corrected chi connectivity index (χ1v) is 5.78. The lowest BCUT2D eigenvalue weighted by atomic mass is 10.2. The van der Waals surface area contributed by atoms with Gasteiger partial charge in [0.25, 0.3) is 0 Å². The summed E-state index contributed by atoms with van der Waals surface area (Å²) < 4.78 is 0. The van der Waals surface area contributed by atoms with Crippen LogP contribution in [0, 0.1) is 0 Å². The molecule has 0 unspecified atom stereocenters. The van der Waals surface area contributed by atoms with E-state index in [0.717, 1.165) is 5.56 Å². The Labute approximate surface area is 111 Å². The Balaban J connectivity index is 2.02. The van der Waals surface area contributed by atoms with Gasteiger partial charge in [0, 0.05) is 11.8 Å². The maximum atomic E-state index is 11.7. The van der Waals surface area contributed by atoms with Crippen molar-refractivity contribution in [3.63, 3.8) is 0 Å². The lowest BCUT2D eigenvalue weighted by Gasteiger charge is -2.03. The molecule has 0 fully saturated rings. The summed E-state index contributed by atoms with van der Waals surface area (Å²) in [5.74, 6) is -0.268. The summed E-state index contributed by atoms with van der Waals surface area (Å²) in [5, 5.41) is 12.1. The fourth-order valence-electron chi connectivity index (χ4n) is 1.53. The Morgan fingerprint density at radius 3 is 2.47 bits per heavy atom. The topological polar surface area (TPSA) is 75.4 Å². The molecule has 4 nitrogen and oxygen atoms in total. The normalized spacial score (nSPS) is 10.5. The zero-order valence-corrected chi connectivity index (χ0v) is 10.2. The van der Waals surface area contributed by atoms with Gasteiger partial charge in [-0.15, -0.1) is 0 Å². The fraction of sp³-hybridized carbons (Fsp3) is 0. The molecule has 0 saturated carbocycles.